The van der Waals surface area contributed by atoms with Crippen molar-refractivity contribution in [3.05, 3.63) is 47.8 Å². The van der Waals surface area contributed by atoms with Crippen LogP contribution < -0.4 is 5.32 Å². The first-order chi connectivity index (χ1) is 10.6. The molecule has 1 saturated carbocycles. The van der Waals surface area contributed by atoms with E-state index in [1.165, 1.54) is 12.8 Å². The van der Waals surface area contributed by atoms with Crippen LogP contribution in [0, 0.1) is 0 Å². The van der Waals surface area contributed by atoms with Gasteiger partial charge in [0.1, 0.15) is 5.69 Å². The first-order valence-electron chi connectivity index (χ1n) is 7.73. The van der Waals surface area contributed by atoms with E-state index in [2.05, 4.69) is 10.4 Å². The number of para-hydroxylation sites is 1. The SMILES string of the molecule is CN(C)CCNC(=O)c1cc(C2CC2)nn1-c1ccccc1. The fraction of sp³-hybridized carbons (Fsp3) is 0.412. The van der Waals surface area contributed by atoms with Gasteiger partial charge in [0.05, 0.1) is 11.4 Å². The van der Waals surface area contributed by atoms with Crippen LogP contribution in [0.15, 0.2) is 36.4 Å². The molecule has 1 heterocycles. The first-order valence-corrected chi connectivity index (χ1v) is 7.73. The molecule has 0 saturated heterocycles. The molecule has 1 aromatic carbocycles. The average Bonchev–Trinajstić information content (AvgIpc) is 3.26. The largest absolute Gasteiger partial charge is 0.349 e. The second kappa shape index (κ2) is 6.32. The molecule has 5 heteroatoms. The molecule has 1 fully saturated rings. The topological polar surface area (TPSA) is 50.2 Å². The number of aromatic nitrogens is 2. The Morgan fingerprint density at radius 3 is 2.68 bits per heavy atom. The van der Waals surface area contributed by atoms with Crippen molar-refractivity contribution in [3.63, 3.8) is 0 Å². The van der Waals surface area contributed by atoms with Gasteiger partial charge in [0.2, 0.25) is 0 Å². The highest BCUT2D eigenvalue weighted by atomic mass is 16.2. The van der Waals surface area contributed by atoms with E-state index < -0.39 is 0 Å². The van der Waals surface area contributed by atoms with Crippen LogP contribution in [0.1, 0.15) is 34.9 Å². The molecule has 3 rings (SSSR count). The lowest BCUT2D eigenvalue weighted by atomic mass is 10.2. The molecule has 22 heavy (non-hydrogen) atoms. The molecule has 0 spiro atoms. The van der Waals surface area contributed by atoms with E-state index >= 15 is 0 Å². The van der Waals surface area contributed by atoms with Crippen molar-refractivity contribution in [3.8, 4) is 5.69 Å². The van der Waals surface area contributed by atoms with Crippen molar-refractivity contribution >= 4 is 5.91 Å². The van der Waals surface area contributed by atoms with Crippen molar-refractivity contribution in [1.29, 1.82) is 0 Å². The van der Waals surface area contributed by atoms with Gasteiger partial charge in [-0.15, -0.1) is 0 Å². The third-order valence-electron chi connectivity index (χ3n) is 3.80. The number of hydrogen-bond donors (Lipinski definition) is 1. The molecule has 1 aliphatic rings. The Balaban J connectivity index is 1.84. The van der Waals surface area contributed by atoms with Crippen molar-refractivity contribution in [2.75, 3.05) is 27.2 Å². The van der Waals surface area contributed by atoms with Gasteiger partial charge >= 0.3 is 0 Å². The van der Waals surface area contributed by atoms with Crippen LogP contribution in [-0.4, -0.2) is 47.8 Å². The molecule has 5 nitrogen and oxygen atoms in total. The summed E-state index contributed by atoms with van der Waals surface area (Å²) < 4.78 is 1.76. The lowest BCUT2D eigenvalue weighted by Gasteiger charge is -2.11. The molecule has 2 aromatic rings. The number of carbonyl (C=O) groups excluding carboxylic acids is 1. The summed E-state index contributed by atoms with van der Waals surface area (Å²) in [5.41, 5.74) is 2.57. The van der Waals surface area contributed by atoms with E-state index in [0.29, 0.717) is 18.2 Å². The lowest BCUT2D eigenvalue weighted by molar-refractivity contribution is 0.0943. The minimum atomic E-state index is -0.0647. The Kier molecular flexibility index (Phi) is 4.24. The summed E-state index contributed by atoms with van der Waals surface area (Å²) in [5.74, 6) is 0.461. The van der Waals surface area contributed by atoms with Gasteiger partial charge in [0.15, 0.2) is 0 Å². The normalized spacial score (nSPS) is 14.3. The van der Waals surface area contributed by atoms with Crippen molar-refractivity contribution in [2.45, 2.75) is 18.8 Å². The molecular weight excluding hydrogens is 276 g/mol. The van der Waals surface area contributed by atoms with Crippen molar-refractivity contribution in [2.24, 2.45) is 0 Å². The van der Waals surface area contributed by atoms with Crippen LogP contribution in [0.4, 0.5) is 0 Å². The lowest BCUT2D eigenvalue weighted by Crippen LogP contribution is -2.32. The maximum atomic E-state index is 12.5. The summed E-state index contributed by atoms with van der Waals surface area (Å²) in [7, 11) is 3.98. The summed E-state index contributed by atoms with van der Waals surface area (Å²) in [4.78, 5) is 14.5. The van der Waals surface area contributed by atoms with Crippen LogP contribution in [0.2, 0.25) is 0 Å². The molecule has 0 aliphatic heterocycles. The van der Waals surface area contributed by atoms with Crippen LogP contribution in [0.25, 0.3) is 5.69 Å². The Labute approximate surface area is 130 Å². The Hall–Kier alpha value is -2.14. The predicted octanol–water partition coefficient (Wildman–Crippen LogP) is 2.04. The summed E-state index contributed by atoms with van der Waals surface area (Å²) in [5, 5.41) is 7.62. The summed E-state index contributed by atoms with van der Waals surface area (Å²) in [6.45, 7) is 1.45. The van der Waals surface area contributed by atoms with Crippen LogP contribution in [0.3, 0.4) is 0 Å². The van der Waals surface area contributed by atoms with E-state index in [-0.39, 0.29) is 5.91 Å². The van der Waals surface area contributed by atoms with Gasteiger partial charge in [-0.25, -0.2) is 4.68 Å². The Bertz CT molecular complexity index is 644. The zero-order valence-corrected chi connectivity index (χ0v) is 13.1. The summed E-state index contributed by atoms with van der Waals surface area (Å²) in [6, 6.07) is 11.8. The molecule has 1 aromatic heterocycles. The molecule has 0 unspecified atom stereocenters. The van der Waals surface area contributed by atoms with Gasteiger partial charge in [-0.2, -0.15) is 5.10 Å². The van der Waals surface area contributed by atoms with Crippen LogP contribution >= 0.6 is 0 Å². The van der Waals surface area contributed by atoms with Gasteiger partial charge in [-0.3, -0.25) is 4.79 Å². The molecule has 1 aliphatic carbocycles. The standard InChI is InChI=1S/C17H22N4O/c1-20(2)11-10-18-17(22)16-12-15(13-8-9-13)19-21(16)14-6-4-3-5-7-14/h3-7,12-13H,8-11H2,1-2H3,(H,18,22). The fourth-order valence-corrected chi connectivity index (χ4v) is 2.39. The van der Waals surface area contributed by atoms with Crippen LogP contribution in [0.5, 0.6) is 0 Å². The highest BCUT2D eigenvalue weighted by Crippen LogP contribution is 2.39. The van der Waals surface area contributed by atoms with Gasteiger partial charge < -0.3 is 10.2 Å². The number of nitrogens with one attached hydrogen (secondary N) is 1. The minimum absolute atomic E-state index is 0.0647. The molecule has 116 valence electrons. The zero-order valence-electron chi connectivity index (χ0n) is 13.1. The molecular formula is C17H22N4O. The zero-order chi connectivity index (χ0) is 15.5. The molecule has 0 radical (unpaired) electrons. The van der Waals surface area contributed by atoms with E-state index in [0.717, 1.165) is 17.9 Å². The van der Waals surface area contributed by atoms with Gasteiger partial charge in [-0.05, 0) is 45.1 Å². The third kappa shape index (κ3) is 3.36. The number of carbonyl (C=O) groups is 1. The number of nitrogens with zero attached hydrogens (tertiary/aromatic N) is 3. The summed E-state index contributed by atoms with van der Waals surface area (Å²) in [6.07, 6.45) is 2.35. The Morgan fingerprint density at radius 1 is 1.32 bits per heavy atom. The number of benzene rings is 1. The number of amides is 1. The molecule has 1 amide bonds. The van der Waals surface area contributed by atoms with Crippen LogP contribution in [-0.2, 0) is 0 Å². The minimum Gasteiger partial charge on any atom is -0.349 e. The first kappa shape index (κ1) is 14.8. The van der Waals surface area contributed by atoms with E-state index in [1.807, 2.05) is 55.4 Å². The van der Waals surface area contributed by atoms with Crippen molar-refractivity contribution < 1.29 is 4.79 Å². The predicted molar refractivity (Wildman–Crippen MR) is 86.4 cm³/mol. The summed E-state index contributed by atoms with van der Waals surface area (Å²) >= 11 is 0. The average molecular weight is 298 g/mol. The maximum Gasteiger partial charge on any atom is 0.270 e. The van der Waals surface area contributed by atoms with Gasteiger partial charge in [-0.1, -0.05) is 18.2 Å². The molecule has 1 N–H and O–H groups in total. The Morgan fingerprint density at radius 2 is 2.05 bits per heavy atom. The molecule has 0 atom stereocenters. The van der Waals surface area contributed by atoms with Gasteiger partial charge in [0.25, 0.3) is 5.91 Å². The second-order valence-electron chi connectivity index (χ2n) is 6.04. The van der Waals surface area contributed by atoms with Gasteiger partial charge in [0, 0.05) is 19.0 Å². The van der Waals surface area contributed by atoms with E-state index in [4.69, 9.17) is 0 Å². The number of rotatable bonds is 6. The highest BCUT2D eigenvalue weighted by Gasteiger charge is 2.28. The number of hydrogen-bond acceptors (Lipinski definition) is 3. The third-order valence-corrected chi connectivity index (χ3v) is 3.80. The van der Waals surface area contributed by atoms with Crippen molar-refractivity contribution in [1.82, 2.24) is 20.0 Å². The second-order valence-corrected chi connectivity index (χ2v) is 6.04. The molecule has 0 bridgehead atoms. The highest BCUT2D eigenvalue weighted by molar-refractivity contribution is 5.93. The van der Waals surface area contributed by atoms with E-state index in [9.17, 15) is 4.79 Å². The maximum absolute atomic E-state index is 12.5. The fourth-order valence-electron chi connectivity index (χ4n) is 2.39. The number of likely N-dealkylation sites (N-methyl/N-ethyl adjacent to an activating group) is 1. The quantitative estimate of drug-likeness (QED) is 0.888. The monoisotopic (exact) mass is 298 g/mol. The smallest absolute Gasteiger partial charge is 0.270 e. The van der Waals surface area contributed by atoms with E-state index in [1.54, 1.807) is 4.68 Å².